The highest BCUT2D eigenvalue weighted by Gasteiger charge is 2.36. The Labute approximate surface area is 119 Å². The molecule has 0 bridgehead atoms. The highest BCUT2D eigenvalue weighted by molar-refractivity contribution is 4.91. The van der Waals surface area contributed by atoms with Gasteiger partial charge in [-0.3, -0.25) is 0 Å². The zero-order valence-corrected chi connectivity index (χ0v) is 13.0. The van der Waals surface area contributed by atoms with Crippen LogP contribution in [0.15, 0.2) is 0 Å². The van der Waals surface area contributed by atoms with Crippen LogP contribution in [0.1, 0.15) is 65.7 Å². The maximum atomic E-state index is 5.48. The molecule has 2 saturated carbocycles. The summed E-state index contributed by atoms with van der Waals surface area (Å²) < 4.78 is 0. The molecule has 3 atom stereocenters. The summed E-state index contributed by atoms with van der Waals surface area (Å²) in [6.07, 6.45) is 14.7. The van der Waals surface area contributed by atoms with Crippen molar-refractivity contribution in [1.82, 2.24) is 5.32 Å². The van der Waals surface area contributed by atoms with Gasteiger partial charge in [-0.25, -0.2) is 0 Å². The minimum atomic E-state index is 0.462. The van der Waals surface area contributed by atoms with E-state index in [9.17, 15) is 0 Å². The van der Waals surface area contributed by atoms with Crippen molar-refractivity contribution in [2.24, 2.45) is 23.2 Å². The Morgan fingerprint density at radius 3 is 2.42 bits per heavy atom. The Hall–Kier alpha value is -0.480. The molecule has 0 aliphatic heterocycles. The van der Waals surface area contributed by atoms with Crippen LogP contribution in [0.3, 0.4) is 0 Å². The van der Waals surface area contributed by atoms with Gasteiger partial charge in [-0.1, -0.05) is 20.8 Å². The van der Waals surface area contributed by atoms with Gasteiger partial charge in [0, 0.05) is 12.5 Å². The highest BCUT2D eigenvalue weighted by atomic mass is 14.9. The maximum Gasteiger partial charge on any atom is 0.00888 e. The fourth-order valence-corrected chi connectivity index (χ4v) is 3.61. The molecule has 2 aliphatic rings. The molecular weight excluding hydrogens is 230 g/mol. The monoisotopic (exact) mass is 261 g/mol. The van der Waals surface area contributed by atoms with E-state index in [0.717, 1.165) is 30.2 Å². The molecule has 0 heterocycles. The molecule has 108 valence electrons. The topological polar surface area (TPSA) is 12.0 Å². The van der Waals surface area contributed by atoms with Gasteiger partial charge < -0.3 is 5.32 Å². The third-order valence-corrected chi connectivity index (χ3v) is 5.27. The average molecular weight is 261 g/mol. The second kappa shape index (κ2) is 6.31. The van der Waals surface area contributed by atoms with Gasteiger partial charge in [-0.05, 0) is 68.2 Å². The lowest BCUT2D eigenvalue weighted by atomic mass is 9.64. The minimum Gasteiger partial charge on any atom is -0.314 e. The molecule has 0 aromatic rings. The molecule has 2 fully saturated rings. The van der Waals surface area contributed by atoms with E-state index < -0.39 is 0 Å². The first-order chi connectivity index (χ1) is 9.00. The van der Waals surface area contributed by atoms with Crippen molar-refractivity contribution in [3.63, 3.8) is 0 Å². The van der Waals surface area contributed by atoms with Gasteiger partial charge in [0.2, 0.25) is 0 Å². The van der Waals surface area contributed by atoms with Gasteiger partial charge >= 0.3 is 0 Å². The number of nitrogens with one attached hydrogen (secondary N) is 1. The van der Waals surface area contributed by atoms with E-state index in [0.29, 0.717) is 5.41 Å². The average Bonchev–Trinajstić information content (AvgIpc) is 3.17. The highest BCUT2D eigenvalue weighted by Crippen LogP contribution is 2.44. The molecule has 0 saturated heterocycles. The third-order valence-electron chi connectivity index (χ3n) is 5.27. The summed E-state index contributed by atoms with van der Waals surface area (Å²) in [4.78, 5) is 0. The first-order valence-corrected chi connectivity index (χ1v) is 8.17. The number of hydrogen-bond acceptors (Lipinski definition) is 1. The summed E-state index contributed by atoms with van der Waals surface area (Å²) in [7, 11) is 0. The Kier molecular flexibility index (Phi) is 4.96. The van der Waals surface area contributed by atoms with E-state index in [1.54, 1.807) is 0 Å². The fourth-order valence-electron chi connectivity index (χ4n) is 3.61. The molecule has 2 rings (SSSR count). The Balaban J connectivity index is 1.88. The van der Waals surface area contributed by atoms with Gasteiger partial charge in [-0.15, -0.1) is 12.3 Å². The van der Waals surface area contributed by atoms with E-state index in [2.05, 4.69) is 32.0 Å². The molecule has 1 N–H and O–H groups in total. The van der Waals surface area contributed by atoms with Gasteiger partial charge in [0.05, 0.1) is 0 Å². The van der Waals surface area contributed by atoms with E-state index in [-0.39, 0.29) is 0 Å². The second-order valence-corrected chi connectivity index (χ2v) is 7.82. The molecule has 0 aromatic carbocycles. The molecular formula is C18H31N. The van der Waals surface area contributed by atoms with E-state index in [1.165, 1.54) is 45.1 Å². The molecule has 3 unspecified atom stereocenters. The fraction of sp³-hybridized carbons (Fsp3) is 0.889. The van der Waals surface area contributed by atoms with Gasteiger partial charge in [0.15, 0.2) is 0 Å². The van der Waals surface area contributed by atoms with Crippen molar-refractivity contribution in [1.29, 1.82) is 0 Å². The van der Waals surface area contributed by atoms with Crippen molar-refractivity contribution in [3.05, 3.63) is 0 Å². The van der Waals surface area contributed by atoms with E-state index in [4.69, 9.17) is 6.42 Å². The Morgan fingerprint density at radius 2 is 1.84 bits per heavy atom. The molecule has 1 heteroatoms. The Morgan fingerprint density at radius 1 is 1.11 bits per heavy atom. The summed E-state index contributed by atoms with van der Waals surface area (Å²) in [5.74, 6) is 5.44. The lowest BCUT2D eigenvalue weighted by Gasteiger charge is -2.42. The van der Waals surface area contributed by atoms with Gasteiger partial charge in [-0.2, -0.15) is 0 Å². The molecule has 0 radical (unpaired) electrons. The van der Waals surface area contributed by atoms with Crippen LogP contribution in [0.5, 0.6) is 0 Å². The summed E-state index contributed by atoms with van der Waals surface area (Å²) in [5.41, 5.74) is 0.462. The summed E-state index contributed by atoms with van der Waals surface area (Å²) in [6.45, 7) is 8.44. The van der Waals surface area contributed by atoms with Crippen LogP contribution >= 0.6 is 0 Å². The van der Waals surface area contributed by atoms with Crippen LogP contribution < -0.4 is 5.32 Å². The van der Waals surface area contributed by atoms with Crippen LogP contribution in [-0.4, -0.2) is 12.6 Å². The maximum absolute atomic E-state index is 5.48. The predicted molar refractivity (Wildman–Crippen MR) is 82.9 cm³/mol. The van der Waals surface area contributed by atoms with E-state index in [1.807, 2.05) is 0 Å². The van der Waals surface area contributed by atoms with Crippen LogP contribution in [0.25, 0.3) is 0 Å². The number of hydrogen-bond donors (Lipinski definition) is 1. The first-order valence-electron chi connectivity index (χ1n) is 8.17. The smallest absolute Gasteiger partial charge is 0.00888 e. The molecule has 0 amide bonds. The number of terminal acetylenes is 1. The SMILES string of the molecule is C#CCCC1CC(C(C)(C)C)CCC1CNC1CC1. The zero-order valence-electron chi connectivity index (χ0n) is 13.0. The molecule has 0 aromatic heterocycles. The normalized spacial score (nSPS) is 32.0. The first kappa shape index (κ1) is 14.9. The lowest BCUT2D eigenvalue weighted by molar-refractivity contribution is 0.0931. The lowest BCUT2D eigenvalue weighted by Crippen LogP contribution is -2.37. The molecule has 0 spiro atoms. The van der Waals surface area contributed by atoms with Crippen LogP contribution in [0, 0.1) is 35.5 Å². The van der Waals surface area contributed by atoms with Crippen LogP contribution in [0.2, 0.25) is 0 Å². The standard InChI is InChI=1S/C18H31N/c1-5-6-7-14-12-16(18(2,3)4)9-8-15(14)13-19-17-10-11-17/h1,14-17,19H,6-13H2,2-4H3. The summed E-state index contributed by atoms with van der Waals surface area (Å²) in [6, 6.07) is 0.841. The largest absolute Gasteiger partial charge is 0.314 e. The summed E-state index contributed by atoms with van der Waals surface area (Å²) >= 11 is 0. The molecule has 1 nitrogen and oxygen atoms in total. The second-order valence-electron chi connectivity index (χ2n) is 7.82. The van der Waals surface area contributed by atoms with Crippen molar-refractivity contribution in [2.45, 2.75) is 71.8 Å². The van der Waals surface area contributed by atoms with Crippen LogP contribution in [0.4, 0.5) is 0 Å². The zero-order chi connectivity index (χ0) is 13.9. The quantitative estimate of drug-likeness (QED) is 0.730. The van der Waals surface area contributed by atoms with Crippen molar-refractivity contribution >= 4 is 0 Å². The minimum absolute atomic E-state index is 0.462. The van der Waals surface area contributed by atoms with Crippen molar-refractivity contribution in [2.75, 3.05) is 6.54 Å². The third kappa shape index (κ3) is 4.53. The summed E-state index contributed by atoms with van der Waals surface area (Å²) in [5, 5.41) is 3.73. The van der Waals surface area contributed by atoms with Crippen LogP contribution in [-0.2, 0) is 0 Å². The van der Waals surface area contributed by atoms with Gasteiger partial charge in [0.1, 0.15) is 0 Å². The number of rotatable bonds is 5. The predicted octanol–water partition coefficient (Wildman–Crippen LogP) is 4.23. The van der Waals surface area contributed by atoms with E-state index >= 15 is 0 Å². The molecule has 2 aliphatic carbocycles. The van der Waals surface area contributed by atoms with Crippen molar-refractivity contribution < 1.29 is 0 Å². The Bertz CT molecular complexity index is 316. The van der Waals surface area contributed by atoms with Crippen molar-refractivity contribution in [3.8, 4) is 12.3 Å². The van der Waals surface area contributed by atoms with Gasteiger partial charge in [0.25, 0.3) is 0 Å². The molecule has 19 heavy (non-hydrogen) atoms.